The number of aliphatic hydroxyl groups excluding tert-OH is 1. The number of aryl methyl sites for hydroxylation is 2. The third-order valence-corrected chi connectivity index (χ3v) is 6.09. The van der Waals surface area contributed by atoms with Crippen molar-refractivity contribution in [1.29, 1.82) is 0 Å². The molecule has 11 heteroatoms. The number of carbonyl (C=O) groups excluding carboxylic acids is 1. The van der Waals surface area contributed by atoms with Crippen LogP contribution in [0.3, 0.4) is 0 Å². The lowest BCUT2D eigenvalue weighted by atomic mass is 10.0. The van der Waals surface area contributed by atoms with Crippen molar-refractivity contribution in [2.75, 3.05) is 19.6 Å². The van der Waals surface area contributed by atoms with E-state index in [4.69, 9.17) is 10.7 Å². The molecular weight excluding hydrogens is 422 g/mol. The monoisotopic (exact) mass is 449 g/mol. The SMILES string of the molecule is CCn1nc(C)cc1-c1n[nH]c(-c2cc(C(N)=O)cc3c2cnn3CCN2CC[C@H](O)C2)n1. The summed E-state index contributed by atoms with van der Waals surface area (Å²) in [7, 11) is 0. The van der Waals surface area contributed by atoms with Gasteiger partial charge in [-0.2, -0.15) is 15.3 Å². The Morgan fingerprint density at radius 3 is 2.85 bits per heavy atom. The molecule has 5 rings (SSSR count). The Kier molecular flexibility index (Phi) is 5.43. The lowest BCUT2D eigenvalue weighted by molar-refractivity contribution is 0.100. The van der Waals surface area contributed by atoms with Crippen LogP contribution < -0.4 is 5.73 Å². The Hall–Kier alpha value is -3.57. The lowest BCUT2D eigenvalue weighted by Gasteiger charge is -2.15. The smallest absolute Gasteiger partial charge is 0.248 e. The van der Waals surface area contributed by atoms with Crippen molar-refractivity contribution in [3.8, 4) is 22.9 Å². The van der Waals surface area contributed by atoms with Crippen molar-refractivity contribution >= 4 is 16.8 Å². The van der Waals surface area contributed by atoms with Crippen LogP contribution in [-0.2, 0) is 13.1 Å². The summed E-state index contributed by atoms with van der Waals surface area (Å²) in [6.07, 6.45) is 2.30. The first-order chi connectivity index (χ1) is 15.9. The maximum atomic E-state index is 12.1. The number of nitrogens with one attached hydrogen (secondary N) is 1. The number of β-amino-alcohol motifs (C(OH)–C–C–N with tert-alkyl or cyclic N) is 1. The summed E-state index contributed by atoms with van der Waals surface area (Å²) in [6, 6.07) is 5.43. The highest BCUT2D eigenvalue weighted by Crippen LogP contribution is 2.30. The van der Waals surface area contributed by atoms with Crippen LogP contribution in [-0.4, -0.2) is 76.4 Å². The predicted octanol–water partition coefficient (Wildman–Crippen LogP) is 1.18. The van der Waals surface area contributed by atoms with Gasteiger partial charge in [-0.1, -0.05) is 0 Å². The van der Waals surface area contributed by atoms with Crippen LogP contribution in [0, 0.1) is 6.92 Å². The molecule has 1 aliphatic rings. The summed E-state index contributed by atoms with van der Waals surface area (Å²) in [6.45, 7) is 7.58. The van der Waals surface area contributed by atoms with E-state index in [0.717, 1.165) is 41.8 Å². The molecule has 0 spiro atoms. The number of nitrogens with zero attached hydrogens (tertiary/aromatic N) is 7. The standard InChI is InChI=1S/C22H27N9O2/c1-3-30-19(8-13(2)28-30)22-25-21(26-27-22)16-9-14(20(23)33)10-18-17(16)11-24-31(18)7-6-29-5-4-15(32)12-29/h8-11,15,32H,3-7,12H2,1-2H3,(H2,23,33)(H,25,26,27)/t15-/m0/s1. The maximum Gasteiger partial charge on any atom is 0.248 e. The molecule has 1 saturated heterocycles. The van der Waals surface area contributed by atoms with Crippen LogP contribution in [0.4, 0.5) is 0 Å². The highest BCUT2D eigenvalue weighted by molar-refractivity contribution is 6.02. The van der Waals surface area contributed by atoms with Gasteiger partial charge in [0, 0.05) is 42.7 Å². The van der Waals surface area contributed by atoms with Crippen LogP contribution in [0.1, 0.15) is 29.4 Å². The van der Waals surface area contributed by atoms with Crippen molar-refractivity contribution < 1.29 is 9.90 Å². The van der Waals surface area contributed by atoms with Crippen molar-refractivity contribution in [3.63, 3.8) is 0 Å². The Bertz CT molecular complexity index is 1320. The number of likely N-dealkylation sites (tertiary alicyclic amines) is 1. The molecule has 4 N–H and O–H groups in total. The number of H-pyrrole nitrogens is 1. The molecule has 1 fully saturated rings. The molecule has 1 atom stereocenters. The van der Waals surface area contributed by atoms with Gasteiger partial charge in [0.05, 0.1) is 30.1 Å². The van der Waals surface area contributed by atoms with Gasteiger partial charge in [0.2, 0.25) is 5.91 Å². The topological polar surface area (TPSA) is 144 Å². The van der Waals surface area contributed by atoms with E-state index in [9.17, 15) is 9.90 Å². The van der Waals surface area contributed by atoms with E-state index >= 15 is 0 Å². The molecule has 4 aromatic rings. The van der Waals surface area contributed by atoms with Crippen molar-refractivity contribution in [1.82, 2.24) is 39.6 Å². The Labute approximate surface area is 190 Å². The predicted molar refractivity (Wildman–Crippen MR) is 122 cm³/mol. The number of primary amides is 1. The normalized spacial score (nSPS) is 16.8. The van der Waals surface area contributed by atoms with Crippen molar-refractivity contribution in [3.05, 3.63) is 35.7 Å². The molecule has 33 heavy (non-hydrogen) atoms. The minimum atomic E-state index is -0.520. The second-order valence-electron chi connectivity index (χ2n) is 8.43. The van der Waals surface area contributed by atoms with Gasteiger partial charge in [0.15, 0.2) is 11.6 Å². The summed E-state index contributed by atoms with van der Waals surface area (Å²) >= 11 is 0. The molecule has 3 aromatic heterocycles. The molecule has 172 valence electrons. The molecule has 4 heterocycles. The number of fused-ring (bicyclic) bond motifs is 1. The minimum absolute atomic E-state index is 0.263. The number of aliphatic hydroxyl groups is 1. The zero-order valence-electron chi connectivity index (χ0n) is 18.7. The van der Waals surface area contributed by atoms with Crippen LogP contribution >= 0.6 is 0 Å². The molecular formula is C22H27N9O2. The molecule has 1 aromatic carbocycles. The molecule has 0 unspecified atom stereocenters. The van der Waals surface area contributed by atoms with Gasteiger partial charge in [-0.3, -0.25) is 24.2 Å². The number of hydrogen-bond donors (Lipinski definition) is 3. The summed E-state index contributed by atoms with van der Waals surface area (Å²) in [5.74, 6) is 0.542. The Balaban J connectivity index is 1.52. The lowest BCUT2D eigenvalue weighted by Crippen LogP contribution is -2.26. The van der Waals surface area contributed by atoms with Gasteiger partial charge in [-0.05, 0) is 38.5 Å². The Morgan fingerprint density at radius 1 is 1.27 bits per heavy atom. The quantitative estimate of drug-likeness (QED) is 0.384. The fourth-order valence-corrected chi connectivity index (χ4v) is 4.41. The fraction of sp³-hybridized carbons (Fsp3) is 0.409. The number of aromatic nitrogens is 7. The molecule has 0 saturated carbocycles. The second kappa shape index (κ2) is 8.41. The van der Waals surface area contributed by atoms with E-state index in [-0.39, 0.29) is 6.10 Å². The third-order valence-electron chi connectivity index (χ3n) is 6.09. The Morgan fingerprint density at radius 2 is 2.12 bits per heavy atom. The van der Waals surface area contributed by atoms with Gasteiger partial charge in [-0.15, -0.1) is 0 Å². The van der Waals surface area contributed by atoms with E-state index in [1.54, 1.807) is 18.3 Å². The zero-order chi connectivity index (χ0) is 23.1. The number of rotatable bonds is 7. The van der Waals surface area contributed by atoms with E-state index in [1.807, 2.05) is 29.3 Å². The average Bonchev–Trinajstić information content (AvgIpc) is 3.57. The van der Waals surface area contributed by atoms with Gasteiger partial charge >= 0.3 is 0 Å². The number of benzene rings is 1. The zero-order valence-corrected chi connectivity index (χ0v) is 18.7. The van der Waals surface area contributed by atoms with Gasteiger partial charge in [0.1, 0.15) is 5.69 Å². The van der Waals surface area contributed by atoms with Crippen molar-refractivity contribution in [2.45, 2.75) is 39.5 Å². The van der Waals surface area contributed by atoms with E-state index < -0.39 is 5.91 Å². The largest absolute Gasteiger partial charge is 0.392 e. The number of carbonyl (C=O) groups is 1. The molecule has 0 radical (unpaired) electrons. The molecule has 0 bridgehead atoms. The summed E-state index contributed by atoms with van der Waals surface area (Å²) in [4.78, 5) is 19.0. The van der Waals surface area contributed by atoms with Crippen LogP contribution in [0.5, 0.6) is 0 Å². The van der Waals surface area contributed by atoms with Crippen molar-refractivity contribution in [2.24, 2.45) is 5.73 Å². The van der Waals surface area contributed by atoms with Gasteiger partial charge < -0.3 is 10.8 Å². The van der Waals surface area contributed by atoms with Crippen LogP contribution in [0.25, 0.3) is 33.8 Å². The fourth-order valence-electron chi connectivity index (χ4n) is 4.41. The molecule has 1 amide bonds. The van der Waals surface area contributed by atoms with Gasteiger partial charge in [0.25, 0.3) is 0 Å². The average molecular weight is 450 g/mol. The molecule has 0 aliphatic carbocycles. The first-order valence-corrected chi connectivity index (χ1v) is 11.1. The first-order valence-electron chi connectivity index (χ1n) is 11.1. The van der Waals surface area contributed by atoms with E-state index in [1.165, 1.54) is 0 Å². The summed E-state index contributed by atoms with van der Waals surface area (Å²) in [5.41, 5.74) is 9.24. The minimum Gasteiger partial charge on any atom is -0.392 e. The second-order valence-corrected chi connectivity index (χ2v) is 8.43. The summed E-state index contributed by atoms with van der Waals surface area (Å²) < 4.78 is 3.72. The van der Waals surface area contributed by atoms with Crippen LogP contribution in [0.15, 0.2) is 24.4 Å². The van der Waals surface area contributed by atoms with Crippen LogP contribution in [0.2, 0.25) is 0 Å². The maximum absolute atomic E-state index is 12.1. The number of hydrogen-bond acceptors (Lipinski definition) is 7. The number of amides is 1. The highest BCUT2D eigenvalue weighted by atomic mass is 16.3. The first kappa shape index (κ1) is 21.3. The van der Waals surface area contributed by atoms with Gasteiger partial charge in [-0.25, -0.2) is 4.98 Å². The number of aromatic amines is 1. The molecule has 1 aliphatic heterocycles. The third kappa shape index (κ3) is 4.00. The summed E-state index contributed by atoms with van der Waals surface area (Å²) in [5, 5.41) is 27.0. The van der Waals surface area contributed by atoms with E-state index in [0.29, 0.717) is 42.4 Å². The van der Waals surface area contributed by atoms with E-state index in [2.05, 4.69) is 25.3 Å². The molecule has 11 nitrogen and oxygen atoms in total. The highest BCUT2D eigenvalue weighted by Gasteiger charge is 2.21. The number of nitrogens with two attached hydrogens (primary N) is 1.